The molecular formula is C13H25N3O3S. The average molecular weight is 303 g/mol. The number of fused-ring (bicyclic) bond motifs is 1. The van der Waals surface area contributed by atoms with Gasteiger partial charge in [-0.2, -0.15) is 0 Å². The van der Waals surface area contributed by atoms with E-state index in [9.17, 15) is 13.2 Å². The summed E-state index contributed by atoms with van der Waals surface area (Å²) < 4.78 is 21.6. The van der Waals surface area contributed by atoms with Gasteiger partial charge in [0.15, 0.2) is 0 Å². The summed E-state index contributed by atoms with van der Waals surface area (Å²) in [5.74, 6) is 0.634. The maximum atomic E-state index is 12.0. The predicted molar refractivity (Wildman–Crippen MR) is 77.5 cm³/mol. The Kier molecular flexibility index (Phi) is 5.40. The molecule has 0 radical (unpaired) electrons. The van der Waals surface area contributed by atoms with E-state index in [1.807, 2.05) is 0 Å². The lowest BCUT2D eigenvalue weighted by atomic mass is 9.77. The maximum Gasteiger partial charge on any atom is 0.237 e. The lowest BCUT2D eigenvalue weighted by Crippen LogP contribution is -2.55. The van der Waals surface area contributed by atoms with E-state index in [0.29, 0.717) is 19.0 Å². The molecule has 1 aliphatic heterocycles. The molecule has 2 aliphatic rings. The minimum atomic E-state index is -3.43. The van der Waals surface area contributed by atoms with Crippen molar-refractivity contribution in [2.24, 2.45) is 11.1 Å². The topological polar surface area (TPSA) is 101 Å². The van der Waals surface area contributed by atoms with Crippen molar-refractivity contribution in [3.63, 3.8) is 0 Å². The molecule has 2 fully saturated rings. The summed E-state index contributed by atoms with van der Waals surface area (Å²) >= 11 is 0. The average Bonchev–Trinajstić information content (AvgIpc) is 2.42. The van der Waals surface area contributed by atoms with Gasteiger partial charge in [-0.05, 0) is 38.0 Å². The van der Waals surface area contributed by atoms with Crippen LogP contribution in [0.4, 0.5) is 0 Å². The summed E-state index contributed by atoms with van der Waals surface area (Å²) in [5.41, 5.74) is 0. The number of rotatable bonds is 5. The summed E-state index contributed by atoms with van der Waals surface area (Å²) in [5, 5.41) is 11.2. The van der Waals surface area contributed by atoms with Gasteiger partial charge in [-0.25, -0.2) is 13.6 Å². The summed E-state index contributed by atoms with van der Waals surface area (Å²) in [4.78, 5) is 12.0. The number of hydrogen-bond acceptors (Lipinski definition) is 4. The molecule has 6 nitrogen and oxygen atoms in total. The van der Waals surface area contributed by atoms with Gasteiger partial charge in [0, 0.05) is 12.6 Å². The van der Waals surface area contributed by atoms with Crippen LogP contribution >= 0.6 is 0 Å². The smallest absolute Gasteiger partial charge is 0.237 e. The van der Waals surface area contributed by atoms with Crippen LogP contribution in [0.1, 0.15) is 44.9 Å². The molecule has 3 atom stereocenters. The van der Waals surface area contributed by atoms with Crippen LogP contribution in [-0.4, -0.2) is 38.7 Å². The lowest BCUT2D eigenvalue weighted by molar-refractivity contribution is -0.124. The first-order valence-corrected chi connectivity index (χ1v) is 9.21. The fraction of sp³-hybridized carbons (Fsp3) is 0.923. The Morgan fingerprint density at radius 3 is 2.70 bits per heavy atom. The fourth-order valence-electron chi connectivity index (χ4n) is 3.31. The molecule has 1 saturated carbocycles. The minimum Gasteiger partial charge on any atom is -0.355 e. The number of amides is 1. The van der Waals surface area contributed by atoms with Crippen molar-refractivity contribution >= 4 is 15.9 Å². The second-order valence-corrected chi connectivity index (χ2v) is 7.69. The highest BCUT2D eigenvalue weighted by molar-refractivity contribution is 7.89. The maximum absolute atomic E-state index is 12.0. The Morgan fingerprint density at radius 2 is 1.95 bits per heavy atom. The van der Waals surface area contributed by atoms with E-state index in [1.165, 1.54) is 25.7 Å². The highest BCUT2D eigenvalue weighted by Gasteiger charge is 2.34. The van der Waals surface area contributed by atoms with E-state index in [2.05, 4.69) is 10.6 Å². The van der Waals surface area contributed by atoms with Crippen molar-refractivity contribution in [3.8, 4) is 0 Å². The number of sulfonamides is 1. The molecule has 3 unspecified atom stereocenters. The minimum absolute atomic E-state index is 0.0107. The highest BCUT2D eigenvalue weighted by Crippen LogP contribution is 2.32. The first-order valence-electron chi connectivity index (χ1n) is 7.50. The molecule has 0 aromatic rings. The van der Waals surface area contributed by atoms with E-state index < -0.39 is 10.0 Å². The summed E-state index contributed by atoms with van der Waals surface area (Å²) in [7, 11) is -3.43. The zero-order chi connectivity index (χ0) is 14.6. The van der Waals surface area contributed by atoms with Crippen LogP contribution in [-0.2, 0) is 14.8 Å². The summed E-state index contributed by atoms with van der Waals surface area (Å²) in [6.45, 7) is 0.363. The van der Waals surface area contributed by atoms with E-state index in [1.54, 1.807) is 0 Å². The molecule has 0 bridgehead atoms. The van der Waals surface area contributed by atoms with Crippen molar-refractivity contribution < 1.29 is 13.2 Å². The van der Waals surface area contributed by atoms with Gasteiger partial charge in [0.05, 0.1) is 11.8 Å². The van der Waals surface area contributed by atoms with E-state index in [4.69, 9.17) is 5.14 Å². The molecule has 1 amide bonds. The SMILES string of the molecule is NS(=O)(=O)CCCNC(=O)C1CCC2CCCCC2N1. The first kappa shape index (κ1) is 15.7. The standard InChI is InChI=1S/C13H25N3O3S/c14-20(18,19)9-3-8-15-13(17)12-7-6-10-4-1-2-5-11(10)16-12/h10-12,16H,1-9H2,(H,15,17)(H2,14,18,19). The Morgan fingerprint density at radius 1 is 1.20 bits per heavy atom. The highest BCUT2D eigenvalue weighted by atomic mass is 32.2. The molecule has 1 heterocycles. The predicted octanol–water partition coefficient (Wildman–Crippen LogP) is 0.0920. The fourth-order valence-corrected chi connectivity index (χ4v) is 3.86. The van der Waals surface area contributed by atoms with Crippen LogP contribution in [0.15, 0.2) is 0 Å². The monoisotopic (exact) mass is 303 g/mol. The number of nitrogens with two attached hydrogens (primary N) is 1. The van der Waals surface area contributed by atoms with Gasteiger partial charge in [-0.3, -0.25) is 4.79 Å². The van der Waals surface area contributed by atoms with Gasteiger partial charge in [0.1, 0.15) is 0 Å². The molecule has 0 spiro atoms. The van der Waals surface area contributed by atoms with Gasteiger partial charge in [0.25, 0.3) is 0 Å². The largest absolute Gasteiger partial charge is 0.355 e. The van der Waals surface area contributed by atoms with Gasteiger partial charge >= 0.3 is 0 Å². The number of nitrogens with one attached hydrogen (secondary N) is 2. The molecule has 2 rings (SSSR count). The molecule has 116 valence electrons. The third-order valence-corrected chi connectivity index (χ3v) is 5.23. The Bertz CT molecular complexity index is 438. The summed E-state index contributed by atoms with van der Waals surface area (Å²) in [6, 6.07) is 0.363. The molecule has 1 saturated heterocycles. The van der Waals surface area contributed by atoms with E-state index >= 15 is 0 Å². The molecule has 4 N–H and O–H groups in total. The lowest BCUT2D eigenvalue weighted by Gasteiger charge is -2.39. The second-order valence-electron chi connectivity index (χ2n) is 5.96. The van der Waals surface area contributed by atoms with E-state index in [0.717, 1.165) is 18.8 Å². The van der Waals surface area contributed by atoms with Gasteiger partial charge in [0.2, 0.25) is 15.9 Å². The molecule has 0 aromatic carbocycles. The number of carbonyl (C=O) groups excluding carboxylic acids is 1. The number of hydrogen-bond donors (Lipinski definition) is 3. The van der Waals surface area contributed by atoms with Crippen molar-refractivity contribution in [3.05, 3.63) is 0 Å². The number of primary sulfonamides is 1. The third-order valence-electron chi connectivity index (χ3n) is 4.37. The van der Waals surface area contributed by atoms with Crippen molar-refractivity contribution in [1.29, 1.82) is 0 Å². The third kappa shape index (κ3) is 4.71. The molecule has 0 aromatic heterocycles. The van der Waals surface area contributed by atoms with Crippen LogP contribution in [0.5, 0.6) is 0 Å². The summed E-state index contributed by atoms with van der Waals surface area (Å²) in [6.07, 6.45) is 7.36. The van der Waals surface area contributed by atoms with Crippen LogP contribution in [0.25, 0.3) is 0 Å². The molecular weight excluding hydrogens is 278 g/mol. The molecule has 1 aliphatic carbocycles. The number of carbonyl (C=O) groups is 1. The van der Waals surface area contributed by atoms with Gasteiger partial charge < -0.3 is 10.6 Å². The quantitative estimate of drug-likeness (QED) is 0.627. The van der Waals surface area contributed by atoms with Crippen molar-refractivity contribution in [2.75, 3.05) is 12.3 Å². The van der Waals surface area contributed by atoms with Crippen LogP contribution in [0, 0.1) is 5.92 Å². The van der Waals surface area contributed by atoms with Crippen molar-refractivity contribution in [2.45, 2.75) is 57.0 Å². The molecule has 20 heavy (non-hydrogen) atoms. The Labute approximate surface area is 120 Å². The number of piperidine rings is 1. The second kappa shape index (κ2) is 6.87. The first-order chi connectivity index (χ1) is 9.46. The zero-order valence-electron chi connectivity index (χ0n) is 11.8. The normalized spacial score (nSPS) is 30.6. The van der Waals surface area contributed by atoms with Crippen LogP contribution < -0.4 is 15.8 Å². The zero-order valence-corrected chi connectivity index (χ0v) is 12.6. The van der Waals surface area contributed by atoms with Crippen LogP contribution in [0.2, 0.25) is 0 Å². The Hall–Kier alpha value is -0.660. The Balaban J connectivity index is 1.70. The van der Waals surface area contributed by atoms with Crippen LogP contribution in [0.3, 0.4) is 0 Å². The van der Waals surface area contributed by atoms with Gasteiger partial charge in [-0.1, -0.05) is 12.8 Å². The van der Waals surface area contributed by atoms with Gasteiger partial charge in [-0.15, -0.1) is 0 Å². The molecule has 7 heteroatoms. The van der Waals surface area contributed by atoms with Crippen molar-refractivity contribution in [1.82, 2.24) is 10.6 Å². The van der Waals surface area contributed by atoms with E-state index in [-0.39, 0.29) is 17.7 Å².